The molecule has 1 rings (SSSR count). The van der Waals surface area contributed by atoms with Crippen LogP contribution in [0.2, 0.25) is 0 Å². The maximum Gasteiger partial charge on any atom is 0.0921 e. The van der Waals surface area contributed by atoms with Crippen LogP contribution in [-0.4, -0.2) is 16.5 Å². The first kappa shape index (κ1) is 7.28. The van der Waals surface area contributed by atoms with Crippen LogP contribution in [-0.2, 0) is 0 Å². The highest BCUT2D eigenvalue weighted by Crippen LogP contribution is 2.13. The molecule has 1 heterocycles. The van der Waals surface area contributed by atoms with Crippen molar-refractivity contribution in [3.63, 3.8) is 0 Å². The Balaban J connectivity index is 2.64. The number of aromatic amines is 1. The van der Waals surface area contributed by atoms with Crippen molar-refractivity contribution in [3.05, 3.63) is 18.2 Å². The van der Waals surface area contributed by atoms with Crippen molar-refractivity contribution in [2.24, 2.45) is 5.73 Å². The van der Waals surface area contributed by atoms with Gasteiger partial charge in [0.2, 0.25) is 0 Å². The lowest BCUT2D eigenvalue weighted by molar-refractivity contribution is 0.658. The van der Waals surface area contributed by atoms with E-state index in [4.69, 9.17) is 5.73 Å². The van der Waals surface area contributed by atoms with Crippen LogP contribution < -0.4 is 5.73 Å². The molecule has 3 heteroatoms. The molecule has 0 bridgehead atoms. The van der Waals surface area contributed by atoms with Crippen LogP contribution in [0, 0.1) is 0 Å². The summed E-state index contributed by atoms with van der Waals surface area (Å²) in [7, 11) is 0. The highest BCUT2D eigenvalue weighted by molar-refractivity contribution is 5.03. The van der Waals surface area contributed by atoms with Crippen LogP contribution in [0.5, 0.6) is 0 Å². The van der Waals surface area contributed by atoms with E-state index in [1.807, 2.05) is 6.20 Å². The van der Waals surface area contributed by atoms with Gasteiger partial charge in [-0.05, 0) is 6.42 Å². The fourth-order valence-corrected chi connectivity index (χ4v) is 1.00. The van der Waals surface area contributed by atoms with E-state index in [2.05, 4.69) is 16.9 Å². The molecule has 0 amide bonds. The molecular formula is C7H13N3. The second-order valence-corrected chi connectivity index (χ2v) is 2.35. The van der Waals surface area contributed by atoms with E-state index >= 15 is 0 Å². The average Bonchev–Trinajstić information content (AvgIpc) is 2.43. The molecule has 1 aromatic rings. The Morgan fingerprint density at radius 1 is 1.80 bits per heavy atom. The molecule has 3 nitrogen and oxygen atoms in total. The van der Waals surface area contributed by atoms with Gasteiger partial charge in [-0.2, -0.15) is 0 Å². The van der Waals surface area contributed by atoms with Crippen LogP contribution in [0.15, 0.2) is 12.5 Å². The van der Waals surface area contributed by atoms with Gasteiger partial charge in [-0.15, -0.1) is 0 Å². The first-order valence-electron chi connectivity index (χ1n) is 3.56. The third-order valence-corrected chi connectivity index (χ3v) is 1.74. The Hall–Kier alpha value is -0.830. The average molecular weight is 139 g/mol. The van der Waals surface area contributed by atoms with E-state index < -0.39 is 0 Å². The molecule has 1 atom stereocenters. The van der Waals surface area contributed by atoms with Crippen molar-refractivity contribution < 1.29 is 0 Å². The summed E-state index contributed by atoms with van der Waals surface area (Å²) in [6.45, 7) is 2.82. The Morgan fingerprint density at radius 3 is 3.00 bits per heavy atom. The Morgan fingerprint density at radius 2 is 2.60 bits per heavy atom. The summed E-state index contributed by atoms with van der Waals surface area (Å²) in [6.07, 6.45) is 4.59. The smallest absolute Gasteiger partial charge is 0.0921 e. The van der Waals surface area contributed by atoms with Crippen molar-refractivity contribution in [2.75, 3.05) is 6.54 Å². The molecule has 0 aliphatic rings. The quantitative estimate of drug-likeness (QED) is 0.652. The number of nitrogens with two attached hydrogens (primary N) is 1. The maximum atomic E-state index is 5.53. The summed E-state index contributed by atoms with van der Waals surface area (Å²) in [4.78, 5) is 6.98. The number of imidazole rings is 1. The van der Waals surface area contributed by atoms with Crippen molar-refractivity contribution >= 4 is 0 Å². The SMILES string of the molecule is CC[C@@H](CN)c1cnc[nH]1. The van der Waals surface area contributed by atoms with Gasteiger partial charge in [0.25, 0.3) is 0 Å². The molecule has 3 N–H and O–H groups in total. The molecule has 0 aliphatic carbocycles. The standard InChI is InChI=1S/C7H13N3/c1-2-6(3-8)7-4-9-5-10-7/h4-6H,2-3,8H2,1H3,(H,9,10)/t6-/m0/s1. The van der Waals surface area contributed by atoms with E-state index in [0.29, 0.717) is 12.5 Å². The zero-order valence-electron chi connectivity index (χ0n) is 6.17. The van der Waals surface area contributed by atoms with Crippen molar-refractivity contribution in [1.82, 2.24) is 9.97 Å². The van der Waals surface area contributed by atoms with Gasteiger partial charge in [0.05, 0.1) is 6.33 Å². The summed E-state index contributed by atoms with van der Waals surface area (Å²) in [5.41, 5.74) is 6.67. The zero-order chi connectivity index (χ0) is 7.40. The second kappa shape index (κ2) is 3.37. The van der Waals surface area contributed by atoms with Gasteiger partial charge in [0.1, 0.15) is 0 Å². The highest BCUT2D eigenvalue weighted by Gasteiger charge is 2.06. The molecule has 1 aromatic heterocycles. The number of rotatable bonds is 3. The monoisotopic (exact) mass is 139 g/mol. The van der Waals surface area contributed by atoms with Crippen LogP contribution in [0.3, 0.4) is 0 Å². The molecule has 10 heavy (non-hydrogen) atoms. The molecule has 0 unspecified atom stereocenters. The first-order valence-corrected chi connectivity index (χ1v) is 3.56. The zero-order valence-corrected chi connectivity index (χ0v) is 6.17. The maximum absolute atomic E-state index is 5.53. The third-order valence-electron chi connectivity index (χ3n) is 1.74. The Labute approximate surface area is 60.7 Å². The molecule has 56 valence electrons. The van der Waals surface area contributed by atoms with Gasteiger partial charge in [-0.1, -0.05) is 6.92 Å². The molecule has 0 aliphatic heterocycles. The van der Waals surface area contributed by atoms with E-state index in [-0.39, 0.29) is 0 Å². The van der Waals surface area contributed by atoms with E-state index in [1.54, 1.807) is 6.33 Å². The third kappa shape index (κ3) is 1.36. The number of nitrogens with one attached hydrogen (secondary N) is 1. The predicted octanol–water partition coefficient (Wildman–Crippen LogP) is 0.862. The van der Waals surface area contributed by atoms with Gasteiger partial charge < -0.3 is 10.7 Å². The first-order chi connectivity index (χ1) is 4.88. The number of aromatic nitrogens is 2. The topological polar surface area (TPSA) is 54.7 Å². The second-order valence-electron chi connectivity index (χ2n) is 2.35. The molecule has 0 fully saturated rings. The lowest BCUT2D eigenvalue weighted by Crippen LogP contribution is -2.11. The van der Waals surface area contributed by atoms with Gasteiger partial charge in [-0.25, -0.2) is 4.98 Å². The molecule has 0 aromatic carbocycles. The minimum atomic E-state index is 0.447. The van der Waals surface area contributed by atoms with Gasteiger partial charge in [-0.3, -0.25) is 0 Å². The Kier molecular flexibility index (Phi) is 2.45. The van der Waals surface area contributed by atoms with E-state index in [9.17, 15) is 0 Å². The lowest BCUT2D eigenvalue weighted by Gasteiger charge is -2.07. The molecule has 0 spiro atoms. The van der Waals surface area contributed by atoms with Crippen LogP contribution in [0.4, 0.5) is 0 Å². The molecule has 0 radical (unpaired) electrons. The number of nitrogens with zero attached hydrogens (tertiary/aromatic N) is 1. The van der Waals surface area contributed by atoms with Crippen molar-refractivity contribution in [1.29, 1.82) is 0 Å². The summed E-state index contributed by atoms with van der Waals surface area (Å²) < 4.78 is 0. The minimum absolute atomic E-state index is 0.447. The predicted molar refractivity (Wildman–Crippen MR) is 40.7 cm³/mol. The minimum Gasteiger partial charge on any atom is -0.348 e. The van der Waals surface area contributed by atoms with Crippen LogP contribution >= 0.6 is 0 Å². The Bertz CT molecular complexity index is 165. The fraction of sp³-hybridized carbons (Fsp3) is 0.571. The van der Waals surface area contributed by atoms with Gasteiger partial charge >= 0.3 is 0 Å². The summed E-state index contributed by atoms with van der Waals surface area (Å²) in [5, 5.41) is 0. The van der Waals surface area contributed by atoms with Crippen molar-refractivity contribution in [2.45, 2.75) is 19.3 Å². The molecule has 0 saturated heterocycles. The summed E-state index contributed by atoms with van der Waals surface area (Å²) in [6, 6.07) is 0. The number of H-pyrrole nitrogens is 1. The number of hydrogen-bond acceptors (Lipinski definition) is 2. The summed E-state index contributed by atoms with van der Waals surface area (Å²) in [5.74, 6) is 0.447. The van der Waals surface area contributed by atoms with Gasteiger partial charge in [0.15, 0.2) is 0 Å². The highest BCUT2D eigenvalue weighted by atomic mass is 14.9. The fourth-order valence-electron chi connectivity index (χ4n) is 1.00. The lowest BCUT2D eigenvalue weighted by atomic mass is 10.0. The molecule has 0 saturated carbocycles. The van der Waals surface area contributed by atoms with Crippen LogP contribution in [0.1, 0.15) is 25.0 Å². The largest absolute Gasteiger partial charge is 0.348 e. The van der Waals surface area contributed by atoms with Crippen LogP contribution in [0.25, 0.3) is 0 Å². The number of hydrogen-bond donors (Lipinski definition) is 2. The van der Waals surface area contributed by atoms with E-state index in [0.717, 1.165) is 12.1 Å². The van der Waals surface area contributed by atoms with E-state index in [1.165, 1.54) is 0 Å². The molecular weight excluding hydrogens is 126 g/mol. The normalized spacial score (nSPS) is 13.4. The summed E-state index contributed by atoms with van der Waals surface area (Å²) >= 11 is 0. The van der Waals surface area contributed by atoms with Crippen molar-refractivity contribution in [3.8, 4) is 0 Å². The van der Waals surface area contributed by atoms with Gasteiger partial charge in [0, 0.05) is 24.4 Å².